The molecule has 0 amide bonds. The summed E-state index contributed by atoms with van der Waals surface area (Å²) in [6, 6.07) is 0. The van der Waals surface area contributed by atoms with Crippen molar-refractivity contribution in [3.05, 3.63) is 34.4 Å². The second-order valence-electron chi connectivity index (χ2n) is 7.71. The van der Waals surface area contributed by atoms with Crippen molar-refractivity contribution < 1.29 is 23.8 Å². The molecule has 0 radical (unpaired) electrons. The quantitative estimate of drug-likeness (QED) is 0.404. The maximum Gasteiger partial charge on any atom is 0.334 e. The first-order valence-corrected chi connectivity index (χ1v) is 9.37. The average Bonchev–Trinajstić information content (AvgIpc) is 3.18. The minimum atomic E-state index is -0.323. The minimum Gasteiger partial charge on any atom is -0.466 e. The number of carbonyl (C=O) groups excluding carboxylic acids is 2. The van der Waals surface area contributed by atoms with E-state index in [0.717, 1.165) is 31.3 Å². The second kappa shape index (κ2) is 7.39. The topological polar surface area (TPSA) is 65.1 Å². The lowest BCUT2D eigenvalue weighted by atomic mass is 9.92. The van der Waals surface area contributed by atoms with Gasteiger partial charge >= 0.3 is 11.9 Å². The number of fused-ring (bicyclic) bond motifs is 2. The van der Waals surface area contributed by atoms with Gasteiger partial charge in [-0.2, -0.15) is 0 Å². The molecule has 1 fully saturated rings. The van der Waals surface area contributed by atoms with Crippen molar-refractivity contribution in [2.24, 2.45) is 0 Å². The van der Waals surface area contributed by atoms with Gasteiger partial charge in [-0.3, -0.25) is 0 Å². The largest absolute Gasteiger partial charge is 0.466 e. The van der Waals surface area contributed by atoms with Crippen molar-refractivity contribution in [1.29, 1.82) is 0 Å². The number of ether oxygens (including phenoxy) is 3. The van der Waals surface area contributed by atoms with Crippen molar-refractivity contribution in [1.82, 2.24) is 0 Å². The van der Waals surface area contributed by atoms with Crippen molar-refractivity contribution in [2.75, 3.05) is 7.11 Å². The molecule has 0 aromatic rings. The summed E-state index contributed by atoms with van der Waals surface area (Å²) in [5.41, 5.74) is 3.39. The number of allylic oxidation sites excluding steroid dienone is 2. The molecule has 2 aliphatic heterocycles. The van der Waals surface area contributed by atoms with E-state index in [1.165, 1.54) is 12.7 Å². The Labute approximate surface area is 155 Å². The molecule has 0 N–H and O–H groups in total. The van der Waals surface area contributed by atoms with Gasteiger partial charge in [0, 0.05) is 11.1 Å². The Morgan fingerprint density at radius 2 is 2.04 bits per heavy atom. The summed E-state index contributed by atoms with van der Waals surface area (Å²) in [5.74, 6) is -0.567. The van der Waals surface area contributed by atoms with Crippen LogP contribution < -0.4 is 0 Å². The maximum absolute atomic E-state index is 12.1. The van der Waals surface area contributed by atoms with E-state index in [-0.39, 0.29) is 29.7 Å². The van der Waals surface area contributed by atoms with Gasteiger partial charge in [0.2, 0.25) is 0 Å². The van der Waals surface area contributed by atoms with Crippen molar-refractivity contribution in [3.63, 3.8) is 0 Å². The SMILES string of the molecule is COC(=O)/C1=C/CC[C@]2(C)O[C@H]2CC/C(C)=C\[C@@H]2OC(=O)C(C)=C2CC1. The number of epoxide rings is 1. The molecule has 0 spiro atoms. The number of esters is 2. The third-order valence-electron chi connectivity index (χ3n) is 5.78. The van der Waals surface area contributed by atoms with E-state index in [9.17, 15) is 9.59 Å². The standard InChI is InChI=1S/C21H28O5/c1-13-7-10-18-21(3,26-18)11-5-6-15(20(23)24-4)8-9-16-14(2)19(22)25-17(16)12-13/h6,12,17-18H,5,7-11H2,1-4H3/b13-12-,15-6+/t17-,18-,21-/m0/s1. The first-order valence-electron chi connectivity index (χ1n) is 9.37. The smallest absolute Gasteiger partial charge is 0.334 e. The summed E-state index contributed by atoms with van der Waals surface area (Å²) < 4.78 is 16.4. The number of carbonyl (C=O) groups is 2. The van der Waals surface area contributed by atoms with Gasteiger partial charge in [-0.05, 0) is 70.9 Å². The van der Waals surface area contributed by atoms with Crippen LogP contribution in [0.15, 0.2) is 34.4 Å². The molecule has 2 heterocycles. The lowest BCUT2D eigenvalue weighted by molar-refractivity contribution is -0.138. The van der Waals surface area contributed by atoms with Gasteiger partial charge in [0.05, 0.1) is 18.8 Å². The van der Waals surface area contributed by atoms with Crippen molar-refractivity contribution in [2.45, 2.75) is 77.1 Å². The van der Waals surface area contributed by atoms with Crippen LogP contribution in [-0.2, 0) is 23.8 Å². The van der Waals surface area contributed by atoms with E-state index >= 15 is 0 Å². The lowest BCUT2D eigenvalue weighted by Gasteiger charge is -2.14. The summed E-state index contributed by atoms with van der Waals surface area (Å²) in [5, 5.41) is 0. The van der Waals surface area contributed by atoms with Crippen LogP contribution in [0.2, 0.25) is 0 Å². The highest BCUT2D eigenvalue weighted by molar-refractivity contribution is 5.92. The predicted octanol–water partition coefficient (Wildman–Crippen LogP) is 3.79. The molecule has 3 aliphatic rings. The molecule has 0 aromatic carbocycles. The van der Waals surface area contributed by atoms with Gasteiger partial charge in [-0.25, -0.2) is 9.59 Å². The van der Waals surface area contributed by atoms with Crippen molar-refractivity contribution >= 4 is 11.9 Å². The normalized spacial score (nSPS) is 36.5. The molecule has 3 rings (SSSR count). The van der Waals surface area contributed by atoms with Crippen LogP contribution in [0.4, 0.5) is 0 Å². The van der Waals surface area contributed by atoms with Gasteiger partial charge < -0.3 is 14.2 Å². The third kappa shape index (κ3) is 3.93. The molecule has 142 valence electrons. The van der Waals surface area contributed by atoms with Crippen LogP contribution in [0.3, 0.4) is 0 Å². The Kier molecular flexibility index (Phi) is 5.37. The summed E-state index contributed by atoms with van der Waals surface area (Å²) >= 11 is 0. The van der Waals surface area contributed by atoms with Crippen LogP contribution in [0, 0.1) is 0 Å². The minimum absolute atomic E-state index is 0.0936. The highest BCUT2D eigenvalue weighted by Crippen LogP contribution is 2.44. The first kappa shape index (κ1) is 18.9. The van der Waals surface area contributed by atoms with E-state index in [0.29, 0.717) is 24.0 Å². The maximum atomic E-state index is 12.1. The van der Waals surface area contributed by atoms with Gasteiger partial charge in [-0.15, -0.1) is 0 Å². The molecule has 0 saturated carbocycles. The molecule has 5 heteroatoms. The predicted molar refractivity (Wildman–Crippen MR) is 97.4 cm³/mol. The van der Waals surface area contributed by atoms with E-state index < -0.39 is 0 Å². The molecule has 0 aromatic heterocycles. The molecule has 1 aliphatic carbocycles. The van der Waals surface area contributed by atoms with E-state index in [2.05, 4.69) is 13.8 Å². The van der Waals surface area contributed by atoms with Gasteiger partial charge in [0.1, 0.15) is 6.10 Å². The van der Waals surface area contributed by atoms with Crippen LogP contribution in [0.1, 0.15) is 59.3 Å². The molecular weight excluding hydrogens is 332 g/mol. The fraction of sp³-hybridized carbons (Fsp3) is 0.619. The van der Waals surface area contributed by atoms with Crippen LogP contribution >= 0.6 is 0 Å². The van der Waals surface area contributed by atoms with Gasteiger partial charge in [0.15, 0.2) is 0 Å². The van der Waals surface area contributed by atoms with Crippen LogP contribution in [-0.4, -0.2) is 36.9 Å². The third-order valence-corrected chi connectivity index (χ3v) is 5.78. The molecule has 26 heavy (non-hydrogen) atoms. The monoisotopic (exact) mass is 360 g/mol. The average molecular weight is 360 g/mol. The molecule has 3 atom stereocenters. The fourth-order valence-electron chi connectivity index (χ4n) is 3.88. The highest BCUT2D eigenvalue weighted by atomic mass is 16.6. The Bertz CT molecular complexity index is 699. The Morgan fingerprint density at radius 1 is 1.27 bits per heavy atom. The zero-order chi connectivity index (χ0) is 18.9. The van der Waals surface area contributed by atoms with Crippen molar-refractivity contribution in [3.8, 4) is 0 Å². The lowest BCUT2D eigenvalue weighted by Crippen LogP contribution is -2.13. The summed E-state index contributed by atoms with van der Waals surface area (Å²) in [6.45, 7) is 6.01. The molecule has 0 unspecified atom stereocenters. The number of hydrogen-bond donors (Lipinski definition) is 0. The zero-order valence-corrected chi connectivity index (χ0v) is 16.1. The number of rotatable bonds is 1. The fourth-order valence-corrected chi connectivity index (χ4v) is 3.88. The molecule has 1 saturated heterocycles. The second-order valence-corrected chi connectivity index (χ2v) is 7.71. The number of hydrogen-bond acceptors (Lipinski definition) is 5. The van der Waals surface area contributed by atoms with E-state index in [1.54, 1.807) is 6.92 Å². The summed E-state index contributed by atoms with van der Waals surface area (Å²) in [4.78, 5) is 24.1. The molecular formula is C21H28O5. The van der Waals surface area contributed by atoms with Gasteiger partial charge in [0.25, 0.3) is 0 Å². The Hall–Kier alpha value is -1.88. The summed E-state index contributed by atoms with van der Waals surface area (Å²) in [6.07, 6.45) is 8.67. The highest BCUT2D eigenvalue weighted by Gasteiger charge is 2.50. The summed E-state index contributed by atoms with van der Waals surface area (Å²) in [7, 11) is 1.40. The molecule has 5 nitrogen and oxygen atoms in total. The van der Waals surface area contributed by atoms with Gasteiger partial charge in [-0.1, -0.05) is 11.6 Å². The Balaban J connectivity index is 1.86. The first-order chi connectivity index (χ1) is 12.3. The zero-order valence-electron chi connectivity index (χ0n) is 16.1. The van der Waals surface area contributed by atoms with E-state index in [4.69, 9.17) is 14.2 Å². The van der Waals surface area contributed by atoms with Crippen LogP contribution in [0.25, 0.3) is 0 Å². The molecule has 0 bridgehead atoms. The van der Waals surface area contributed by atoms with E-state index in [1.807, 2.05) is 12.2 Å². The Morgan fingerprint density at radius 3 is 2.77 bits per heavy atom. The number of methoxy groups -OCH3 is 1. The van der Waals surface area contributed by atoms with Crippen LogP contribution in [0.5, 0.6) is 0 Å².